The lowest BCUT2D eigenvalue weighted by atomic mass is 9.88. The first-order chi connectivity index (χ1) is 8.66. The third-order valence-corrected chi connectivity index (χ3v) is 3.44. The first-order valence-electron chi connectivity index (χ1n) is 6.44. The molecule has 3 nitrogen and oxygen atoms in total. The van der Waals surface area contributed by atoms with E-state index >= 15 is 0 Å². The summed E-state index contributed by atoms with van der Waals surface area (Å²) in [6.45, 7) is 1.88. The van der Waals surface area contributed by atoms with E-state index in [9.17, 15) is 9.59 Å². The summed E-state index contributed by atoms with van der Waals surface area (Å²) in [5, 5.41) is 0. The van der Waals surface area contributed by atoms with E-state index in [-0.39, 0.29) is 23.8 Å². The van der Waals surface area contributed by atoms with Crippen LogP contribution in [0.2, 0.25) is 0 Å². The normalized spacial score (nSPS) is 18.4. The maximum absolute atomic E-state index is 12.0. The van der Waals surface area contributed by atoms with Crippen molar-refractivity contribution in [2.24, 2.45) is 5.92 Å². The largest absolute Gasteiger partial charge is 0.458 e. The van der Waals surface area contributed by atoms with Crippen LogP contribution in [0.25, 0.3) is 0 Å². The van der Waals surface area contributed by atoms with Crippen molar-refractivity contribution in [3.05, 3.63) is 35.9 Å². The van der Waals surface area contributed by atoms with Gasteiger partial charge < -0.3 is 4.74 Å². The van der Waals surface area contributed by atoms with Crippen molar-refractivity contribution in [1.82, 2.24) is 0 Å². The highest BCUT2D eigenvalue weighted by Gasteiger charge is 2.27. The molecule has 96 valence electrons. The molecular formula is C15H18O3. The molecule has 18 heavy (non-hydrogen) atoms. The predicted molar refractivity (Wildman–Crippen MR) is 67.9 cm³/mol. The quantitative estimate of drug-likeness (QED) is 0.770. The highest BCUT2D eigenvalue weighted by atomic mass is 16.5. The molecule has 1 atom stereocenters. The Bertz CT molecular complexity index is 415. The maximum atomic E-state index is 12.0. The van der Waals surface area contributed by atoms with Gasteiger partial charge >= 0.3 is 5.97 Å². The smallest absolute Gasteiger partial charge is 0.309 e. The van der Waals surface area contributed by atoms with E-state index in [0.29, 0.717) is 25.7 Å². The summed E-state index contributed by atoms with van der Waals surface area (Å²) in [5.74, 6) is -0.0112. The number of hydrogen-bond acceptors (Lipinski definition) is 3. The fraction of sp³-hybridized carbons (Fsp3) is 0.467. The molecule has 1 aromatic carbocycles. The van der Waals surface area contributed by atoms with Gasteiger partial charge in [0.2, 0.25) is 0 Å². The minimum absolute atomic E-state index is 0.103. The first-order valence-corrected chi connectivity index (χ1v) is 6.44. The van der Waals surface area contributed by atoms with Crippen LogP contribution in [0.4, 0.5) is 0 Å². The lowest BCUT2D eigenvalue weighted by molar-refractivity contribution is -0.155. The van der Waals surface area contributed by atoms with Crippen LogP contribution in [-0.2, 0) is 14.3 Å². The molecular weight excluding hydrogens is 228 g/mol. The van der Waals surface area contributed by atoms with Gasteiger partial charge in [-0.15, -0.1) is 0 Å². The van der Waals surface area contributed by atoms with E-state index < -0.39 is 0 Å². The molecule has 1 aromatic rings. The fourth-order valence-corrected chi connectivity index (χ4v) is 2.24. The van der Waals surface area contributed by atoms with E-state index in [1.165, 1.54) is 0 Å². The Hall–Kier alpha value is -1.64. The molecule has 1 saturated carbocycles. The van der Waals surface area contributed by atoms with Crippen LogP contribution >= 0.6 is 0 Å². The van der Waals surface area contributed by atoms with Crippen molar-refractivity contribution >= 4 is 11.8 Å². The Balaban J connectivity index is 1.89. The fourth-order valence-electron chi connectivity index (χ4n) is 2.24. The Morgan fingerprint density at radius 2 is 1.83 bits per heavy atom. The van der Waals surface area contributed by atoms with Gasteiger partial charge in [-0.2, -0.15) is 0 Å². The van der Waals surface area contributed by atoms with E-state index in [0.717, 1.165) is 5.56 Å². The van der Waals surface area contributed by atoms with E-state index in [1.54, 1.807) is 0 Å². The van der Waals surface area contributed by atoms with Gasteiger partial charge in [0.15, 0.2) is 0 Å². The third-order valence-electron chi connectivity index (χ3n) is 3.44. The van der Waals surface area contributed by atoms with Crippen LogP contribution < -0.4 is 0 Å². The maximum Gasteiger partial charge on any atom is 0.309 e. The molecule has 2 rings (SSSR count). The molecule has 0 aromatic heterocycles. The molecule has 0 spiro atoms. The molecule has 0 amide bonds. The van der Waals surface area contributed by atoms with Crippen molar-refractivity contribution in [3.8, 4) is 0 Å². The second kappa shape index (κ2) is 5.80. The zero-order chi connectivity index (χ0) is 13.0. The number of Topliss-reactive ketones (excluding diaryl/α,β-unsaturated/α-hetero) is 1. The number of esters is 1. The minimum atomic E-state index is -0.226. The predicted octanol–water partition coefficient (Wildman–Crippen LogP) is 3.05. The van der Waals surface area contributed by atoms with Crippen LogP contribution in [-0.4, -0.2) is 11.8 Å². The zero-order valence-electron chi connectivity index (χ0n) is 10.6. The van der Waals surface area contributed by atoms with Crippen LogP contribution in [0, 0.1) is 5.92 Å². The van der Waals surface area contributed by atoms with Crippen LogP contribution in [0.15, 0.2) is 30.3 Å². The number of hydrogen-bond donors (Lipinski definition) is 0. The van der Waals surface area contributed by atoms with Gasteiger partial charge in [0.1, 0.15) is 11.9 Å². The molecule has 0 N–H and O–H groups in total. The first kappa shape index (κ1) is 12.8. The molecule has 3 heteroatoms. The molecule has 0 aliphatic heterocycles. The lowest BCUT2D eigenvalue weighted by Gasteiger charge is -2.22. The van der Waals surface area contributed by atoms with E-state index in [1.807, 2.05) is 37.3 Å². The van der Waals surface area contributed by atoms with Gasteiger partial charge in [0, 0.05) is 12.8 Å². The molecule has 0 unspecified atom stereocenters. The summed E-state index contributed by atoms with van der Waals surface area (Å²) in [6, 6.07) is 9.69. The number of rotatable bonds is 3. The highest BCUT2D eigenvalue weighted by molar-refractivity contribution is 5.82. The SMILES string of the molecule is C[C@H](OC(=O)C1CCC(=O)CC1)c1ccccc1. The van der Waals surface area contributed by atoms with Crippen molar-refractivity contribution in [1.29, 1.82) is 0 Å². The highest BCUT2D eigenvalue weighted by Crippen LogP contribution is 2.25. The summed E-state index contributed by atoms with van der Waals surface area (Å²) in [4.78, 5) is 23.1. The number of carbonyl (C=O) groups excluding carboxylic acids is 2. The zero-order valence-corrected chi connectivity index (χ0v) is 10.6. The number of ether oxygens (including phenoxy) is 1. The van der Waals surface area contributed by atoms with Crippen molar-refractivity contribution in [2.45, 2.75) is 38.7 Å². The average Bonchev–Trinajstić information content (AvgIpc) is 2.40. The molecule has 0 bridgehead atoms. The Kier molecular flexibility index (Phi) is 4.13. The van der Waals surface area contributed by atoms with Gasteiger partial charge in [-0.3, -0.25) is 9.59 Å². The molecule has 1 fully saturated rings. The second-order valence-corrected chi connectivity index (χ2v) is 4.80. The number of benzene rings is 1. The van der Waals surface area contributed by atoms with Crippen LogP contribution in [0.1, 0.15) is 44.3 Å². The summed E-state index contributed by atoms with van der Waals surface area (Å²) >= 11 is 0. The molecule has 0 heterocycles. The molecule has 0 radical (unpaired) electrons. The summed E-state index contributed by atoms with van der Waals surface area (Å²) in [7, 11) is 0. The van der Waals surface area contributed by atoms with Crippen LogP contribution in [0.3, 0.4) is 0 Å². The lowest BCUT2D eigenvalue weighted by Crippen LogP contribution is -2.24. The second-order valence-electron chi connectivity index (χ2n) is 4.80. The molecule has 1 aliphatic rings. The summed E-state index contributed by atoms with van der Waals surface area (Å²) in [5.41, 5.74) is 0.998. The number of ketones is 1. The van der Waals surface area contributed by atoms with Gasteiger partial charge in [-0.1, -0.05) is 30.3 Å². The van der Waals surface area contributed by atoms with Gasteiger partial charge in [-0.25, -0.2) is 0 Å². The van der Waals surface area contributed by atoms with Crippen molar-refractivity contribution in [2.75, 3.05) is 0 Å². The standard InChI is InChI=1S/C15H18O3/c1-11(12-5-3-2-4-6-12)18-15(17)13-7-9-14(16)10-8-13/h2-6,11,13H,7-10H2,1H3/t11-/m0/s1. The van der Waals surface area contributed by atoms with Crippen molar-refractivity contribution in [3.63, 3.8) is 0 Å². The molecule has 0 saturated heterocycles. The van der Waals surface area contributed by atoms with E-state index in [4.69, 9.17) is 4.74 Å². The van der Waals surface area contributed by atoms with Crippen molar-refractivity contribution < 1.29 is 14.3 Å². The average molecular weight is 246 g/mol. The Morgan fingerprint density at radius 1 is 1.22 bits per heavy atom. The molecule has 1 aliphatic carbocycles. The van der Waals surface area contributed by atoms with Crippen LogP contribution in [0.5, 0.6) is 0 Å². The van der Waals surface area contributed by atoms with Gasteiger partial charge in [-0.05, 0) is 25.3 Å². The summed E-state index contributed by atoms with van der Waals surface area (Å²) < 4.78 is 5.46. The number of carbonyl (C=O) groups is 2. The topological polar surface area (TPSA) is 43.4 Å². The monoisotopic (exact) mass is 246 g/mol. The van der Waals surface area contributed by atoms with E-state index in [2.05, 4.69) is 0 Å². The summed E-state index contributed by atoms with van der Waals surface area (Å²) in [6.07, 6.45) is 2.08. The van der Waals surface area contributed by atoms with Gasteiger partial charge in [0.05, 0.1) is 5.92 Å². The van der Waals surface area contributed by atoms with Gasteiger partial charge in [0.25, 0.3) is 0 Å². The third kappa shape index (κ3) is 3.19. The Labute approximate surface area is 107 Å². The minimum Gasteiger partial charge on any atom is -0.458 e. The Morgan fingerprint density at radius 3 is 2.44 bits per heavy atom.